The number of carbonyl (C=O) groups excluding carboxylic acids is 1. The molecule has 0 fully saturated rings. The Balaban J connectivity index is 1.34. The van der Waals surface area contributed by atoms with E-state index < -0.39 is 6.09 Å². The highest BCUT2D eigenvalue weighted by Crippen LogP contribution is 2.40. The molecule has 0 spiro atoms. The Morgan fingerprint density at radius 1 is 1.00 bits per heavy atom. The van der Waals surface area contributed by atoms with Gasteiger partial charge in [0.15, 0.2) is 0 Å². The number of fused-ring (bicyclic) bond motifs is 3. The first kappa shape index (κ1) is 27.9. The van der Waals surface area contributed by atoms with Gasteiger partial charge in [-0.25, -0.2) is 9.79 Å². The minimum atomic E-state index is -0.396. The Labute approximate surface area is 251 Å². The standard InChI is InChI=1S/C35H34ClN3O3/c1-21-6-12-28(13-7-21)42-35(40)39-18-17-29-30-20-26(36)11-16-31(30)38-32(29)33(39)25-9-14-27(15-10-25)41-34-23(3)8-5-22(2)19-24(4)37-34/h6-16,19-20,22,33,38H,5,17-18H2,1-4H3. The molecule has 42 heavy (non-hydrogen) atoms. The predicted molar refractivity (Wildman–Crippen MR) is 169 cm³/mol. The Kier molecular flexibility index (Phi) is 7.65. The van der Waals surface area contributed by atoms with Crippen molar-refractivity contribution >= 4 is 34.5 Å². The number of aromatic nitrogens is 1. The van der Waals surface area contributed by atoms with Crippen molar-refractivity contribution in [1.29, 1.82) is 0 Å². The van der Waals surface area contributed by atoms with E-state index in [1.54, 1.807) is 4.90 Å². The molecule has 0 radical (unpaired) electrons. The van der Waals surface area contributed by atoms with Crippen molar-refractivity contribution in [3.8, 4) is 11.5 Å². The summed E-state index contributed by atoms with van der Waals surface area (Å²) >= 11 is 6.37. The molecule has 2 aliphatic heterocycles. The van der Waals surface area contributed by atoms with Crippen molar-refractivity contribution in [3.63, 3.8) is 0 Å². The molecule has 6 nitrogen and oxygen atoms in total. The van der Waals surface area contributed by atoms with E-state index in [1.807, 2.05) is 87.5 Å². The summed E-state index contributed by atoms with van der Waals surface area (Å²) in [5, 5.41) is 1.76. The zero-order valence-corrected chi connectivity index (χ0v) is 25.0. The molecule has 0 saturated heterocycles. The van der Waals surface area contributed by atoms with Crippen LogP contribution in [0.25, 0.3) is 10.9 Å². The van der Waals surface area contributed by atoms with Crippen molar-refractivity contribution in [1.82, 2.24) is 9.88 Å². The van der Waals surface area contributed by atoms with Gasteiger partial charge in [0.1, 0.15) is 17.5 Å². The second-order valence-corrected chi connectivity index (χ2v) is 11.7. The summed E-state index contributed by atoms with van der Waals surface area (Å²) in [6.07, 6.45) is 5.57. The number of hydrogen-bond acceptors (Lipinski definition) is 4. The van der Waals surface area contributed by atoms with Crippen molar-refractivity contribution in [2.75, 3.05) is 6.54 Å². The lowest BCUT2D eigenvalue weighted by molar-refractivity contribution is 0.135. The molecular formula is C35H34ClN3O3. The molecule has 0 aliphatic carbocycles. The van der Waals surface area contributed by atoms with Crippen LogP contribution in [0.1, 0.15) is 55.6 Å². The maximum atomic E-state index is 13.6. The molecule has 0 saturated carbocycles. The molecule has 214 valence electrons. The number of allylic oxidation sites excluding steroid dienone is 3. The van der Waals surface area contributed by atoms with Gasteiger partial charge < -0.3 is 14.5 Å². The number of aromatic amines is 1. The van der Waals surface area contributed by atoms with Crippen LogP contribution in [0.4, 0.5) is 4.79 Å². The molecule has 2 atom stereocenters. The average molecular weight is 580 g/mol. The molecular weight excluding hydrogens is 546 g/mol. The third-order valence-electron chi connectivity index (χ3n) is 7.90. The fourth-order valence-corrected chi connectivity index (χ4v) is 5.89. The molecule has 0 bridgehead atoms. The number of benzene rings is 3. The number of halogens is 1. The van der Waals surface area contributed by atoms with Gasteiger partial charge in [0.05, 0.1) is 0 Å². The Bertz CT molecular complexity index is 1730. The molecule has 1 amide bonds. The van der Waals surface area contributed by atoms with Crippen molar-refractivity contribution in [2.45, 2.75) is 46.6 Å². The van der Waals surface area contributed by atoms with Crippen LogP contribution in [-0.2, 0) is 6.42 Å². The number of H-pyrrole nitrogens is 1. The van der Waals surface area contributed by atoms with E-state index in [0.717, 1.165) is 45.4 Å². The maximum Gasteiger partial charge on any atom is 0.416 e. The highest BCUT2D eigenvalue weighted by atomic mass is 35.5. The van der Waals surface area contributed by atoms with Crippen molar-refractivity contribution in [2.24, 2.45) is 10.9 Å². The lowest BCUT2D eigenvalue weighted by Gasteiger charge is -2.35. The molecule has 3 heterocycles. The van der Waals surface area contributed by atoms with Crippen LogP contribution < -0.4 is 9.47 Å². The fraction of sp³-hybridized carbons (Fsp3) is 0.257. The molecule has 6 rings (SSSR count). The van der Waals surface area contributed by atoms with Crippen molar-refractivity contribution < 1.29 is 14.3 Å². The minimum Gasteiger partial charge on any atom is -0.439 e. The topological polar surface area (TPSA) is 66.9 Å². The number of amides is 1. The highest BCUT2D eigenvalue weighted by Gasteiger charge is 2.36. The number of rotatable bonds is 3. The summed E-state index contributed by atoms with van der Waals surface area (Å²) in [5.74, 6) is 2.23. The van der Waals surface area contributed by atoms with Gasteiger partial charge in [-0.15, -0.1) is 0 Å². The summed E-state index contributed by atoms with van der Waals surface area (Å²) in [4.78, 5) is 23.7. The van der Waals surface area contributed by atoms with Gasteiger partial charge in [0.2, 0.25) is 5.90 Å². The maximum absolute atomic E-state index is 13.6. The second kappa shape index (κ2) is 11.5. The minimum absolute atomic E-state index is 0.376. The first-order chi connectivity index (χ1) is 20.2. The van der Waals surface area contributed by atoms with E-state index >= 15 is 0 Å². The van der Waals surface area contributed by atoms with Gasteiger partial charge in [-0.1, -0.05) is 60.5 Å². The van der Waals surface area contributed by atoms with Crippen LogP contribution >= 0.6 is 11.6 Å². The zero-order valence-electron chi connectivity index (χ0n) is 24.3. The summed E-state index contributed by atoms with van der Waals surface area (Å²) in [6, 6.07) is 20.9. The molecule has 1 N–H and O–H groups in total. The lowest BCUT2D eigenvalue weighted by atomic mass is 9.92. The third-order valence-corrected chi connectivity index (χ3v) is 8.13. The van der Waals surface area contributed by atoms with E-state index in [2.05, 4.69) is 24.1 Å². The normalized spacial score (nSPS) is 18.8. The monoisotopic (exact) mass is 579 g/mol. The summed E-state index contributed by atoms with van der Waals surface area (Å²) < 4.78 is 12.1. The van der Waals surface area contributed by atoms with Gasteiger partial charge in [0.25, 0.3) is 0 Å². The summed E-state index contributed by atoms with van der Waals surface area (Å²) in [5.41, 5.74) is 7.12. The number of carbonyl (C=O) groups is 1. The largest absolute Gasteiger partial charge is 0.439 e. The predicted octanol–water partition coefficient (Wildman–Crippen LogP) is 8.94. The van der Waals surface area contributed by atoms with Crippen LogP contribution in [0.5, 0.6) is 11.5 Å². The first-order valence-corrected chi connectivity index (χ1v) is 14.7. The SMILES string of the molecule is CC1=CC(C)CC=C(C)C(Oc2ccc(C3c4[nH]c5ccc(Cl)cc5c4CCN3C(=O)Oc3ccc(C)cc3)cc2)=N1. The lowest BCUT2D eigenvalue weighted by Crippen LogP contribution is -2.42. The second-order valence-electron chi connectivity index (χ2n) is 11.2. The summed E-state index contributed by atoms with van der Waals surface area (Å²) in [7, 11) is 0. The van der Waals surface area contributed by atoms with Crippen LogP contribution in [-0.4, -0.2) is 28.4 Å². The average Bonchev–Trinajstić information content (AvgIpc) is 3.34. The first-order valence-electron chi connectivity index (χ1n) is 14.3. The number of hydrogen-bond donors (Lipinski definition) is 1. The number of aliphatic imine (C=N–C) groups is 1. The smallest absolute Gasteiger partial charge is 0.416 e. The zero-order chi connectivity index (χ0) is 29.4. The molecule has 1 aromatic heterocycles. The van der Waals surface area contributed by atoms with Crippen LogP contribution in [0, 0.1) is 12.8 Å². The van der Waals surface area contributed by atoms with Gasteiger partial charge in [-0.05, 0) is 93.1 Å². The molecule has 2 unspecified atom stereocenters. The third kappa shape index (κ3) is 5.72. The molecule has 4 aromatic rings. The molecule has 2 aliphatic rings. The molecule has 7 heteroatoms. The van der Waals surface area contributed by atoms with E-state index in [4.69, 9.17) is 26.1 Å². The number of nitrogens with zero attached hydrogens (tertiary/aromatic N) is 2. The van der Waals surface area contributed by atoms with E-state index in [0.29, 0.717) is 41.3 Å². The highest BCUT2D eigenvalue weighted by molar-refractivity contribution is 6.31. The Morgan fingerprint density at radius 2 is 1.74 bits per heavy atom. The van der Waals surface area contributed by atoms with E-state index in [1.165, 1.54) is 5.56 Å². The van der Waals surface area contributed by atoms with Crippen LogP contribution in [0.3, 0.4) is 0 Å². The van der Waals surface area contributed by atoms with E-state index in [-0.39, 0.29) is 6.04 Å². The number of aryl methyl sites for hydroxylation is 1. The van der Waals surface area contributed by atoms with Gasteiger partial charge in [-0.2, -0.15) is 0 Å². The quantitative estimate of drug-likeness (QED) is 0.263. The van der Waals surface area contributed by atoms with Crippen molar-refractivity contribution in [3.05, 3.63) is 118 Å². The van der Waals surface area contributed by atoms with Crippen LogP contribution in [0.2, 0.25) is 5.02 Å². The Morgan fingerprint density at radius 3 is 2.50 bits per heavy atom. The van der Waals surface area contributed by atoms with E-state index in [9.17, 15) is 4.79 Å². The van der Waals surface area contributed by atoms with Gasteiger partial charge >= 0.3 is 6.09 Å². The number of nitrogens with one attached hydrogen (secondary N) is 1. The number of ether oxygens (including phenoxy) is 2. The van der Waals surface area contributed by atoms with Gasteiger partial charge in [0, 0.05) is 39.4 Å². The van der Waals surface area contributed by atoms with Gasteiger partial charge in [-0.3, -0.25) is 4.90 Å². The Hall–Kier alpha value is -4.29. The fourth-order valence-electron chi connectivity index (χ4n) is 5.72. The van der Waals surface area contributed by atoms with Crippen LogP contribution in [0.15, 0.2) is 95.1 Å². The molecule has 3 aromatic carbocycles. The summed E-state index contributed by atoms with van der Waals surface area (Å²) in [6.45, 7) is 8.72.